The summed E-state index contributed by atoms with van der Waals surface area (Å²) in [5.74, 6) is -7.65. The Morgan fingerprint density at radius 3 is 2.22 bits per heavy atom. The average Bonchev–Trinajstić information content (AvgIpc) is 2.33. The number of ether oxygens (including phenoxy) is 1. The summed E-state index contributed by atoms with van der Waals surface area (Å²) in [7, 11) is 1.15. The molecule has 1 aromatic carbocycles. The second-order valence-electron chi connectivity index (χ2n) is 3.29. The van der Waals surface area contributed by atoms with Crippen molar-refractivity contribution in [1.82, 2.24) is 0 Å². The highest BCUT2D eigenvalue weighted by molar-refractivity contribution is 5.94. The quantitative estimate of drug-likeness (QED) is 0.635. The van der Waals surface area contributed by atoms with Crippen molar-refractivity contribution in [3.8, 4) is 0 Å². The van der Waals surface area contributed by atoms with Gasteiger partial charge in [0.1, 0.15) is 11.8 Å². The number of carbonyl (C=O) groups is 1. The van der Waals surface area contributed by atoms with Crippen molar-refractivity contribution in [2.45, 2.75) is 6.10 Å². The highest BCUT2D eigenvalue weighted by Gasteiger charge is 2.24. The maximum atomic E-state index is 13.2. The van der Waals surface area contributed by atoms with Crippen LogP contribution in [0, 0.1) is 23.3 Å². The van der Waals surface area contributed by atoms with Crippen LogP contribution in [0.25, 0.3) is 0 Å². The van der Waals surface area contributed by atoms with Gasteiger partial charge in [0, 0.05) is 19.7 Å². The molecule has 0 fully saturated rings. The molecule has 0 saturated heterocycles. The highest BCUT2D eigenvalue weighted by atomic mass is 19.2. The number of nitrogens with one attached hydrogen (secondary N) is 1. The number of hydrogen-bond acceptors (Lipinski definition) is 3. The number of nitrogens with two attached hydrogens (primary N) is 1. The second-order valence-corrected chi connectivity index (χ2v) is 3.29. The summed E-state index contributed by atoms with van der Waals surface area (Å²) in [6, 6.07) is 0.0387. The Bertz CT molecular complexity index is 437. The third-order valence-corrected chi connectivity index (χ3v) is 2.15. The summed E-state index contributed by atoms with van der Waals surface area (Å²) in [6.07, 6.45) is -1.19. The molecule has 0 heterocycles. The van der Waals surface area contributed by atoms with E-state index >= 15 is 0 Å². The first kappa shape index (κ1) is 14.4. The first-order valence-corrected chi connectivity index (χ1v) is 4.79. The fourth-order valence-corrected chi connectivity index (χ4v) is 1.20. The fourth-order valence-electron chi connectivity index (χ4n) is 1.20. The van der Waals surface area contributed by atoms with Crippen LogP contribution in [-0.2, 0) is 9.53 Å². The monoisotopic (exact) mass is 266 g/mol. The Labute approximate surface area is 99.7 Å². The molecule has 1 rings (SSSR count). The molecule has 0 spiro atoms. The van der Waals surface area contributed by atoms with Gasteiger partial charge < -0.3 is 15.8 Å². The molecule has 1 atom stereocenters. The third-order valence-electron chi connectivity index (χ3n) is 2.15. The van der Waals surface area contributed by atoms with Gasteiger partial charge in [-0.05, 0) is 0 Å². The Morgan fingerprint density at radius 1 is 1.33 bits per heavy atom. The number of halogens is 4. The molecule has 0 aliphatic rings. The summed E-state index contributed by atoms with van der Waals surface area (Å²) in [5, 5.41) is 1.69. The average molecular weight is 266 g/mol. The third kappa shape index (κ3) is 2.77. The lowest BCUT2D eigenvalue weighted by Crippen LogP contribution is -2.36. The second kappa shape index (κ2) is 5.78. The van der Waals surface area contributed by atoms with Crippen LogP contribution in [0.4, 0.5) is 23.2 Å². The van der Waals surface area contributed by atoms with Gasteiger partial charge in [-0.25, -0.2) is 17.6 Å². The Morgan fingerprint density at radius 2 is 1.83 bits per heavy atom. The number of benzene rings is 1. The molecule has 18 heavy (non-hydrogen) atoms. The predicted molar refractivity (Wildman–Crippen MR) is 54.8 cm³/mol. The lowest BCUT2D eigenvalue weighted by atomic mass is 10.2. The van der Waals surface area contributed by atoms with E-state index in [9.17, 15) is 22.4 Å². The molecule has 100 valence electrons. The molecule has 0 radical (unpaired) electrons. The summed E-state index contributed by atoms with van der Waals surface area (Å²) in [5.41, 5.74) is 3.94. The molecule has 3 N–H and O–H groups in total. The minimum Gasteiger partial charge on any atom is -0.370 e. The van der Waals surface area contributed by atoms with Gasteiger partial charge in [-0.3, -0.25) is 4.79 Å². The van der Waals surface area contributed by atoms with Gasteiger partial charge in [-0.2, -0.15) is 0 Å². The maximum absolute atomic E-state index is 13.2. The highest BCUT2D eigenvalue weighted by Crippen LogP contribution is 2.24. The smallest absolute Gasteiger partial charge is 0.254 e. The van der Waals surface area contributed by atoms with Crippen molar-refractivity contribution in [2.75, 3.05) is 19.0 Å². The zero-order chi connectivity index (χ0) is 13.9. The van der Waals surface area contributed by atoms with Crippen molar-refractivity contribution >= 4 is 11.6 Å². The van der Waals surface area contributed by atoms with Gasteiger partial charge in [0.05, 0.1) is 0 Å². The molecule has 0 aromatic heterocycles. The van der Waals surface area contributed by atoms with Crippen LogP contribution < -0.4 is 11.1 Å². The summed E-state index contributed by atoms with van der Waals surface area (Å²) >= 11 is 0. The van der Waals surface area contributed by atoms with E-state index in [1.165, 1.54) is 0 Å². The topological polar surface area (TPSA) is 64.3 Å². The molecule has 8 heteroatoms. The van der Waals surface area contributed by atoms with E-state index in [1.54, 1.807) is 5.32 Å². The lowest BCUT2D eigenvalue weighted by Gasteiger charge is -2.14. The standard InChI is InChI=1S/C10H10F4N2O2/c1-18-6(3-15)10(17)16-9-7(13)4(11)2-5(12)8(9)14/h2,6H,3,15H2,1H3,(H,16,17). The largest absolute Gasteiger partial charge is 0.370 e. The molecule has 1 amide bonds. The Kier molecular flexibility index (Phi) is 4.62. The van der Waals surface area contributed by atoms with Crippen molar-refractivity contribution in [1.29, 1.82) is 0 Å². The molecular weight excluding hydrogens is 256 g/mol. The van der Waals surface area contributed by atoms with Gasteiger partial charge >= 0.3 is 0 Å². The Balaban J connectivity index is 3.08. The van der Waals surface area contributed by atoms with Gasteiger partial charge in [0.25, 0.3) is 5.91 Å². The summed E-state index contributed by atoms with van der Waals surface area (Å²) in [4.78, 5) is 11.4. The van der Waals surface area contributed by atoms with E-state index in [0.717, 1.165) is 7.11 Å². The summed E-state index contributed by atoms with van der Waals surface area (Å²) in [6.45, 7) is -0.261. The van der Waals surface area contributed by atoms with E-state index in [2.05, 4.69) is 4.74 Å². The SMILES string of the molecule is COC(CN)C(=O)Nc1c(F)c(F)cc(F)c1F. The van der Waals surface area contributed by atoms with Crippen LogP contribution in [-0.4, -0.2) is 25.7 Å². The number of carbonyl (C=O) groups excluding carboxylic acids is 1. The number of methoxy groups -OCH3 is 1. The zero-order valence-corrected chi connectivity index (χ0v) is 9.27. The number of amides is 1. The van der Waals surface area contributed by atoms with Crippen LogP contribution in [0.1, 0.15) is 0 Å². The summed E-state index contributed by atoms with van der Waals surface area (Å²) < 4.78 is 56.7. The van der Waals surface area contributed by atoms with Crippen molar-refractivity contribution in [2.24, 2.45) is 5.73 Å². The molecule has 0 aliphatic heterocycles. The minimum atomic E-state index is -1.70. The molecule has 1 aromatic rings. The zero-order valence-electron chi connectivity index (χ0n) is 9.27. The predicted octanol–water partition coefficient (Wildman–Crippen LogP) is 1.16. The number of rotatable bonds is 4. The van der Waals surface area contributed by atoms with Crippen molar-refractivity contribution in [3.05, 3.63) is 29.3 Å². The molecule has 4 nitrogen and oxygen atoms in total. The van der Waals surface area contributed by atoms with Gasteiger partial charge in [0.15, 0.2) is 23.3 Å². The fraction of sp³-hybridized carbons (Fsp3) is 0.300. The minimum absolute atomic E-state index is 0.0387. The first-order valence-electron chi connectivity index (χ1n) is 4.79. The van der Waals surface area contributed by atoms with Gasteiger partial charge in [0.2, 0.25) is 0 Å². The molecule has 0 bridgehead atoms. The van der Waals surface area contributed by atoms with Crippen LogP contribution in [0.3, 0.4) is 0 Å². The number of hydrogen-bond donors (Lipinski definition) is 2. The maximum Gasteiger partial charge on any atom is 0.254 e. The lowest BCUT2D eigenvalue weighted by molar-refractivity contribution is -0.125. The van der Waals surface area contributed by atoms with Crippen LogP contribution in [0.2, 0.25) is 0 Å². The first-order chi connectivity index (χ1) is 8.42. The van der Waals surface area contributed by atoms with Crippen molar-refractivity contribution < 1.29 is 27.1 Å². The van der Waals surface area contributed by atoms with Gasteiger partial charge in [-0.15, -0.1) is 0 Å². The van der Waals surface area contributed by atoms with E-state index in [0.29, 0.717) is 0 Å². The Hall–Kier alpha value is -1.67. The van der Waals surface area contributed by atoms with Crippen LogP contribution >= 0.6 is 0 Å². The molecule has 1 unspecified atom stereocenters. The number of anilines is 1. The molecule has 0 aliphatic carbocycles. The molecular formula is C10H10F4N2O2. The van der Waals surface area contributed by atoms with E-state index in [1.807, 2.05) is 0 Å². The van der Waals surface area contributed by atoms with Gasteiger partial charge in [-0.1, -0.05) is 0 Å². The normalized spacial score (nSPS) is 12.3. The van der Waals surface area contributed by atoms with Crippen molar-refractivity contribution in [3.63, 3.8) is 0 Å². The van der Waals surface area contributed by atoms with E-state index in [-0.39, 0.29) is 12.6 Å². The van der Waals surface area contributed by atoms with E-state index < -0.39 is 41.0 Å². The van der Waals surface area contributed by atoms with E-state index in [4.69, 9.17) is 5.73 Å². The molecule has 0 saturated carbocycles. The van der Waals surface area contributed by atoms with Crippen LogP contribution in [0.5, 0.6) is 0 Å². The van der Waals surface area contributed by atoms with Crippen LogP contribution in [0.15, 0.2) is 6.07 Å².